The molecule has 27 heavy (non-hydrogen) atoms. The van der Waals surface area contributed by atoms with Gasteiger partial charge in [0.2, 0.25) is 0 Å². The molecule has 4 rings (SSSR count). The quantitative estimate of drug-likeness (QED) is 0.596. The molecule has 2 aromatic heterocycles. The molecule has 8 heteroatoms. The number of aromatic nitrogens is 2. The topological polar surface area (TPSA) is 90.1 Å². The number of amides is 3. The largest absolute Gasteiger partial charge is 0.345 e. The number of pyridine rings is 1. The van der Waals surface area contributed by atoms with Crippen LogP contribution in [-0.2, 0) is 0 Å². The molecule has 0 bridgehead atoms. The number of H-pyrrole nitrogens is 1. The van der Waals surface area contributed by atoms with Gasteiger partial charge in [-0.25, -0.2) is 9.78 Å². The fourth-order valence-corrected chi connectivity index (χ4v) is 3.53. The summed E-state index contributed by atoms with van der Waals surface area (Å²) in [5.41, 5.74) is 2.96. The van der Waals surface area contributed by atoms with Gasteiger partial charge in [-0.05, 0) is 46.6 Å². The standard InChI is InChI=1S/C19H18BrN5O2/c1-11(12-3-2-4-14(7-12)25-6-5-21-19(25)27)24-18(26)16-10-23-17-15(16)8-13(20)9-22-17/h2-4,7-11H,5-6H2,1H3,(H,21,27)(H,22,23)(H,24,26). The highest BCUT2D eigenvalue weighted by molar-refractivity contribution is 9.10. The third-order valence-electron chi connectivity index (χ3n) is 4.63. The second-order valence-corrected chi connectivity index (χ2v) is 7.34. The predicted molar refractivity (Wildman–Crippen MR) is 107 cm³/mol. The zero-order valence-corrected chi connectivity index (χ0v) is 16.2. The lowest BCUT2D eigenvalue weighted by atomic mass is 10.1. The number of nitrogens with one attached hydrogen (secondary N) is 3. The lowest BCUT2D eigenvalue weighted by Gasteiger charge is -2.18. The first-order valence-corrected chi connectivity index (χ1v) is 9.41. The fourth-order valence-electron chi connectivity index (χ4n) is 3.20. The van der Waals surface area contributed by atoms with E-state index in [-0.39, 0.29) is 18.0 Å². The van der Waals surface area contributed by atoms with Crippen molar-refractivity contribution in [3.63, 3.8) is 0 Å². The van der Waals surface area contributed by atoms with Crippen LogP contribution in [-0.4, -0.2) is 35.0 Å². The fraction of sp³-hybridized carbons (Fsp3) is 0.211. The van der Waals surface area contributed by atoms with Gasteiger partial charge in [0.1, 0.15) is 5.65 Å². The molecule has 3 heterocycles. The maximum Gasteiger partial charge on any atom is 0.321 e. The normalized spacial score (nSPS) is 15.0. The van der Waals surface area contributed by atoms with E-state index in [0.717, 1.165) is 21.1 Å². The minimum atomic E-state index is -0.215. The van der Waals surface area contributed by atoms with Crippen molar-refractivity contribution in [2.75, 3.05) is 18.0 Å². The van der Waals surface area contributed by atoms with Gasteiger partial charge < -0.3 is 15.6 Å². The molecule has 138 valence electrons. The average molecular weight is 428 g/mol. The summed E-state index contributed by atoms with van der Waals surface area (Å²) in [7, 11) is 0. The number of aromatic amines is 1. The van der Waals surface area contributed by atoms with Gasteiger partial charge in [0, 0.05) is 41.0 Å². The van der Waals surface area contributed by atoms with Crippen LogP contribution in [0.2, 0.25) is 0 Å². The van der Waals surface area contributed by atoms with Gasteiger partial charge in [0.15, 0.2) is 0 Å². The number of carbonyl (C=O) groups excluding carboxylic acids is 2. The number of anilines is 1. The molecular weight excluding hydrogens is 410 g/mol. The van der Waals surface area contributed by atoms with Crippen molar-refractivity contribution in [3.8, 4) is 0 Å². The number of hydrogen-bond acceptors (Lipinski definition) is 3. The smallest absolute Gasteiger partial charge is 0.321 e. The number of hydrogen-bond donors (Lipinski definition) is 3. The summed E-state index contributed by atoms with van der Waals surface area (Å²) in [6.45, 7) is 3.20. The van der Waals surface area contributed by atoms with Crippen LogP contribution in [0.25, 0.3) is 11.0 Å². The van der Waals surface area contributed by atoms with Gasteiger partial charge in [-0.3, -0.25) is 9.69 Å². The summed E-state index contributed by atoms with van der Waals surface area (Å²) >= 11 is 3.39. The molecule has 1 aliphatic heterocycles. The van der Waals surface area contributed by atoms with Crippen LogP contribution in [0.4, 0.5) is 10.5 Å². The summed E-state index contributed by atoms with van der Waals surface area (Å²) in [5, 5.41) is 6.57. The van der Waals surface area contributed by atoms with Crippen molar-refractivity contribution in [3.05, 3.63) is 58.3 Å². The van der Waals surface area contributed by atoms with Crippen LogP contribution in [0.1, 0.15) is 28.9 Å². The molecule has 1 fully saturated rings. The summed E-state index contributed by atoms with van der Waals surface area (Å²) < 4.78 is 0.813. The molecule has 3 aromatic rings. The van der Waals surface area contributed by atoms with Crippen LogP contribution in [0.5, 0.6) is 0 Å². The first-order valence-electron chi connectivity index (χ1n) is 8.62. The molecule has 0 saturated carbocycles. The van der Waals surface area contributed by atoms with Gasteiger partial charge >= 0.3 is 6.03 Å². The maximum atomic E-state index is 12.8. The lowest BCUT2D eigenvalue weighted by molar-refractivity contribution is 0.0941. The van der Waals surface area contributed by atoms with E-state index in [1.54, 1.807) is 17.3 Å². The van der Waals surface area contributed by atoms with Crippen LogP contribution >= 0.6 is 15.9 Å². The second-order valence-electron chi connectivity index (χ2n) is 6.43. The molecule has 1 atom stereocenters. The molecular formula is C19H18BrN5O2. The molecule has 1 aromatic carbocycles. The summed E-state index contributed by atoms with van der Waals surface area (Å²) in [6.07, 6.45) is 3.35. The molecule has 1 saturated heterocycles. The Balaban J connectivity index is 1.55. The number of benzene rings is 1. The summed E-state index contributed by atoms with van der Waals surface area (Å²) in [4.78, 5) is 33.6. The Morgan fingerprint density at radius 3 is 3.00 bits per heavy atom. The second kappa shape index (κ2) is 7.03. The van der Waals surface area contributed by atoms with Crippen LogP contribution in [0.3, 0.4) is 0 Å². The van der Waals surface area contributed by atoms with Gasteiger partial charge in [-0.15, -0.1) is 0 Å². The van der Waals surface area contributed by atoms with E-state index in [0.29, 0.717) is 24.3 Å². The SMILES string of the molecule is CC(NC(=O)c1c[nH]c2ncc(Br)cc12)c1cccc(N2CCNC2=O)c1. The predicted octanol–water partition coefficient (Wildman–Crippen LogP) is 3.35. The van der Waals surface area contributed by atoms with Gasteiger partial charge in [0.05, 0.1) is 11.6 Å². The first-order chi connectivity index (χ1) is 13.0. The Labute approximate surface area is 164 Å². The highest BCUT2D eigenvalue weighted by Gasteiger charge is 2.22. The van der Waals surface area contributed by atoms with Crippen molar-refractivity contribution >= 4 is 44.6 Å². The van der Waals surface area contributed by atoms with Gasteiger partial charge in [-0.1, -0.05) is 12.1 Å². The van der Waals surface area contributed by atoms with Crippen molar-refractivity contribution in [1.29, 1.82) is 0 Å². The van der Waals surface area contributed by atoms with Gasteiger partial charge in [0.25, 0.3) is 5.91 Å². The molecule has 0 radical (unpaired) electrons. The molecule has 0 aliphatic carbocycles. The van der Waals surface area contributed by atoms with Gasteiger partial charge in [-0.2, -0.15) is 0 Å². The van der Waals surface area contributed by atoms with E-state index in [9.17, 15) is 9.59 Å². The monoisotopic (exact) mass is 427 g/mol. The minimum absolute atomic E-state index is 0.0966. The minimum Gasteiger partial charge on any atom is -0.345 e. The number of halogens is 1. The van der Waals surface area contributed by atoms with E-state index in [1.807, 2.05) is 37.3 Å². The van der Waals surface area contributed by atoms with Crippen molar-refractivity contribution in [2.45, 2.75) is 13.0 Å². The van der Waals surface area contributed by atoms with E-state index in [2.05, 4.69) is 36.5 Å². The molecule has 7 nitrogen and oxygen atoms in total. The number of fused-ring (bicyclic) bond motifs is 1. The number of carbonyl (C=O) groups is 2. The number of urea groups is 1. The molecule has 1 unspecified atom stereocenters. The average Bonchev–Trinajstić information content (AvgIpc) is 3.27. The maximum absolute atomic E-state index is 12.8. The Morgan fingerprint density at radius 2 is 2.22 bits per heavy atom. The van der Waals surface area contributed by atoms with E-state index >= 15 is 0 Å². The Hall–Kier alpha value is -2.87. The Morgan fingerprint density at radius 1 is 1.37 bits per heavy atom. The van der Waals surface area contributed by atoms with E-state index < -0.39 is 0 Å². The molecule has 0 spiro atoms. The first kappa shape index (κ1) is 17.5. The highest BCUT2D eigenvalue weighted by atomic mass is 79.9. The summed E-state index contributed by atoms with van der Waals surface area (Å²) in [6, 6.07) is 9.22. The molecule has 1 aliphatic rings. The van der Waals surface area contributed by atoms with Crippen LogP contribution < -0.4 is 15.5 Å². The Bertz CT molecular complexity index is 1030. The van der Waals surface area contributed by atoms with E-state index in [4.69, 9.17) is 0 Å². The zero-order valence-electron chi connectivity index (χ0n) is 14.6. The van der Waals surface area contributed by atoms with Crippen LogP contribution in [0.15, 0.2) is 47.2 Å². The Kier molecular flexibility index (Phi) is 4.57. The van der Waals surface area contributed by atoms with Crippen LogP contribution in [0, 0.1) is 0 Å². The number of rotatable bonds is 4. The lowest BCUT2D eigenvalue weighted by Crippen LogP contribution is -2.29. The molecule has 3 N–H and O–H groups in total. The third-order valence-corrected chi connectivity index (χ3v) is 5.06. The van der Waals surface area contributed by atoms with E-state index in [1.165, 1.54) is 0 Å². The molecule has 3 amide bonds. The summed E-state index contributed by atoms with van der Waals surface area (Å²) in [5.74, 6) is -0.182. The van der Waals surface area contributed by atoms with Crippen molar-refractivity contribution in [1.82, 2.24) is 20.6 Å². The highest BCUT2D eigenvalue weighted by Crippen LogP contribution is 2.24. The van der Waals surface area contributed by atoms with Crippen molar-refractivity contribution < 1.29 is 9.59 Å². The van der Waals surface area contributed by atoms with Crippen molar-refractivity contribution in [2.24, 2.45) is 0 Å². The number of nitrogens with zero attached hydrogens (tertiary/aromatic N) is 2. The third kappa shape index (κ3) is 3.40. The zero-order chi connectivity index (χ0) is 19.0.